The second-order valence-electron chi connectivity index (χ2n) is 6.54. The molecule has 0 radical (unpaired) electrons. The van der Waals surface area contributed by atoms with Crippen molar-refractivity contribution in [2.75, 3.05) is 0 Å². The summed E-state index contributed by atoms with van der Waals surface area (Å²) < 4.78 is 5.80. The van der Waals surface area contributed by atoms with Crippen LogP contribution in [0.25, 0.3) is 0 Å². The number of ether oxygens (including phenoxy) is 1. The van der Waals surface area contributed by atoms with Gasteiger partial charge in [0, 0.05) is 5.56 Å². The molecule has 1 aromatic heterocycles. The monoisotopic (exact) mass is 323 g/mol. The molecule has 120 valence electrons. The topological polar surface area (TPSA) is 76.0 Å². The first-order valence-corrected chi connectivity index (χ1v) is 8.32. The van der Waals surface area contributed by atoms with Gasteiger partial charge in [-0.25, -0.2) is 9.59 Å². The summed E-state index contributed by atoms with van der Waals surface area (Å²) >= 11 is 1.13. The summed E-state index contributed by atoms with van der Waals surface area (Å²) in [5.41, 5.74) is 0.307. The van der Waals surface area contributed by atoms with E-state index < -0.39 is 11.6 Å². The Morgan fingerprint density at radius 1 is 1.32 bits per heavy atom. The highest BCUT2D eigenvalue weighted by atomic mass is 32.1. The van der Waals surface area contributed by atoms with E-state index in [2.05, 4.69) is 4.99 Å². The van der Waals surface area contributed by atoms with Gasteiger partial charge < -0.3 is 9.84 Å². The molecule has 1 aliphatic carbocycles. The first-order valence-electron chi connectivity index (χ1n) is 7.50. The van der Waals surface area contributed by atoms with Gasteiger partial charge in [0.15, 0.2) is 5.06 Å². The Morgan fingerprint density at radius 2 is 1.95 bits per heavy atom. The summed E-state index contributed by atoms with van der Waals surface area (Å²) in [4.78, 5) is 26.2. The van der Waals surface area contributed by atoms with Crippen LogP contribution in [-0.4, -0.2) is 22.8 Å². The number of carbonyl (C=O) groups excluding carboxylic acids is 1. The van der Waals surface area contributed by atoms with Gasteiger partial charge in [-0.15, -0.1) is 0 Å². The second kappa shape index (κ2) is 6.63. The molecule has 1 N–H and O–H groups in total. The number of nitrogens with zero attached hydrogens (tertiary/aromatic N) is 1. The molecule has 1 aliphatic rings. The van der Waals surface area contributed by atoms with E-state index in [9.17, 15) is 14.7 Å². The lowest BCUT2D eigenvalue weighted by Gasteiger charge is -2.23. The summed E-state index contributed by atoms with van der Waals surface area (Å²) in [5.74, 6) is -0.899. The van der Waals surface area contributed by atoms with E-state index in [1.807, 2.05) is 20.8 Å². The highest BCUT2D eigenvalue weighted by Crippen LogP contribution is 2.49. The lowest BCUT2D eigenvalue weighted by atomic mass is 9.83. The van der Waals surface area contributed by atoms with Gasteiger partial charge in [0.2, 0.25) is 6.08 Å². The Labute approximate surface area is 134 Å². The Balaban J connectivity index is 2.56. The van der Waals surface area contributed by atoms with E-state index in [1.54, 1.807) is 6.08 Å². The lowest BCUT2D eigenvalue weighted by molar-refractivity contribution is 0.0682. The van der Waals surface area contributed by atoms with Crippen LogP contribution < -0.4 is 4.74 Å². The smallest absolute Gasteiger partial charge is 0.340 e. The fourth-order valence-electron chi connectivity index (χ4n) is 2.86. The number of rotatable bonds is 4. The molecule has 5 nitrogen and oxygen atoms in total. The van der Waals surface area contributed by atoms with Crippen LogP contribution in [0.15, 0.2) is 4.99 Å². The lowest BCUT2D eigenvalue weighted by Crippen LogP contribution is -2.23. The van der Waals surface area contributed by atoms with Crippen LogP contribution in [-0.2, 0) is 4.79 Å². The van der Waals surface area contributed by atoms with Crippen LogP contribution in [0, 0.1) is 0 Å². The zero-order valence-corrected chi connectivity index (χ0v) is 14.0. The summed E-state index contributed by atoms with van der Waals surface area (Å²) in [6.45, 7) is 5.59. The molecule has 0 saturated heterocycles. The number of isocyanates is 1. The van der Waals surface area contributed by atoms with E-state index in [0.717, 1.165) is 37.0 Å². The molecule has 0 amide bonds. The maximum Gasteiger partial charge on any atom is 0.340 e. The van der Waals surface area contributed by atoms with Gasteiger partial charge >= 0.3 is 5.97 Å². The fraction of sp³-hybridized carbons (Fsp3) is 0.625. The van der Waals surface area contributed by atoms with Crippen molar-refractivity contribution in [3.05, 3.63) is 11.1 Å². The zero-order chi connectivity index (χ0) is 16.3. The van der Waals surface area contributed by atoms with Gasteiger partial charge in [-0.3, -0.25) is 0 Å². The number of carbonyl (C=O) groups is 1. The predicted molar refractivity (Wildman–Crippen MR) is 85.3 cm³/mol. The van der Waals surface area contributed by atoms with Gasteiger partial charge in [0.25, 0.3) is 0 Å². The van der Waals surface area contributed by atoms with E-state index >= 15 is 0 Å². The summed E-state index contributed by atoms with van der Waals surface area (Å²) in [5, 5.41) is 10.4. The molecule has 0 bridgehead atoms. The number of carboxylic acids is 1. The van der Waals surface area contributed by atoms with Gasteiger partial charge in [0.05, 0.1) is 0 Å². The molecule has 1 saturated carbocycles. The van der Waals surface area contributed by atoms with Crippen molar-refractivity contribution >= 4 is 28.4 Å². The zero-order valence-electron chi connectivity index (χ0n) is 13.1. The minimum absolute atomic E-state index is 0.125. The molecule has 2 rings (SSSR count). The maximum absolute atomic E-state index is 11.8. The van der Waals surface area contributed by atoms with Crippen molar-refractivity contribution in [3.63, 3.8) is 0 Å². The highest BCUT2D eigenvalue weighted by Gasteiger charge is 2.32. The first kappa shape index (κ1) is 16.7. The molecule has 0 aromatic carbocycles. The van der Waals surface area contributed by atoms with Crippen LogP contribution in [0.1, 0.15) is 74.7 Å². The summed E-state index contributed by atoms with van der Waals surface area (Å²) in [6.07, 6.45) is 6.70. The van der Waals surface area contributed by atoms with Gasteiger partial charge in [0.1, 0.15) is 16.2 Å². The van der Waals surface area contributed by atoms with Gasteiger partial charge in [-0.1, -0.05) is 30.6 Å². The molecule has 1 fully saturated rings. The fourth-order valence-corrected chi connectivity index (χ4v) is 4.09. The predicted octanol–water partition coefficient (Wildman–Crippen LogP) is 4.64. The van der Waals surface area contributed by atoms with Crippen molar-refractivity contribution in [1.29, 1.82) is 0 Å². The quantitative estimate of drug-likeness (QED) is 0.647. The van der Waals surface area contributed by atoms with Crippen LogP contribution in [0.5, 0.6) is 5.06 Å². The van der Waals surface area contributed by atoms with Crippen LogP contribution in [0.3, 0.4) is 0 Å². The maximum atomic E-state index is 11.8. The van der Waals surface area contributed by atoms with Crippen molar-refractivity contribution in [3.8, 4) is 5.06 Å². The number of hydrogen-bond acceptors (Lipinski definition) is 5. The van der Waals surface area contributed by atoms with Crippen molar-refractivity contribution in [1.82, 2.24) is 0 Å². The number of aromatic carboxylic acids is 1. The van der Waals surface area contributed by atoms with E-state index in [0.29, 0.717) is 15.6 Å². The molecule has 0 aliphatic heterocycles. The third-order valence-corrected chi connectivity index (χ3v) is 4.64. The van der Waals surface area contributed by atoms with E-state index in [4.69, 9.17) is 4.74 Å². The molecule has 0 unspecified atom stereocenters. The Morgan fingerprint density at radius 3 is 2.45 bits per heavy atom. The number of thiophene rings is 1. The van der Waals surface area contributed by atoms with E-state index in [-0.39, 0.29) is 11.5 Å². The molecular formula is C16H21NO4S. The minimum Gasteiger partial charge on any atom is -0.478 e. The normalized spacial score (nSPS) is 16.1. The van der Waals surface area contributed by atoms with Crippen LogP contribution >= 0.6 is 11.3 Å². The van der Waals surface area contributed by atoms with Crippen molar-refractivity contribution in [2.24, 2.45) is 4.99 Å². The van der Waals surface area contributed by atoms with Crippen molar-refractivity contribution < 1.29 is 19.4 Å². The molecule has 0 spiro atoms. The first-order chi connectivity index (χ1) is 10.3. The molecule has 1 aromatic rings. The molecular weight excluding hydrogens is 302 g/mol. The van der Waals surface area contributed by atoms with Gasteiger partial charge in [-0.05, 0) is 39.5 Å². The Kier molecular flexibility index (Phi) is 5.04. The number of aliphatic imine (C=N–C) groups is 1. The van der Waals surface area contributed by atoms with Crippen LogP contribution in [0.2, 0.25) is 0 Å². The summed E-state index contributed by atoms with van der Waals surface area (Å²) in [7, 11) is 0. The molecule has 0 atom stereocenters. The third kappa shape index (κ3) is 3.76. The Hall–Kier alpha value is -1.65. The Bertz CT molecular complexity index is 602. The largest absolute Gasteiger partial charge is 0.478 e. The molecule has 22 heavy (non-hydrogen) atoms. The summed E-state index contributed by atoms with van der Waals surface area (Å²) in [6, 6.07) is 0. The second-order valence-corrected chi connectivity index (χ2v) is 7.50. The standard InChI is InChI=1S/C16H21NO4S/c1-16(2,3)21-15-12(14(19)20)11(13(22-15)17-9-18)10-7-5-4-6-8-10/h10H,4-8H2,1-3H3,(H,19,20). The minimum atomic E-state index is -1.02. The van der Waals surface area contributed by atoms with Gasteiger partial charge in [-0.2, -0.15) is 4.99 Å². The molecule has 6 heteroatoms. The van der Waals surface area contributed by atoms with E-state index in [1.165, 1.54) is 6.42 Å². The number of hydrogen-bond donors (Lipinski definition) is 1. The molecule has 1 heterocycles. The third-order valence-electron chi connectivity index (χ3n) is 3.67. The SMILES string of the molecule is CC(C)(C)Oc1sc(N=C=O)c(C2CCCCC2)c1C(=O)O. The van der Waals surface area contributed by atoms with Crippen molar-refractivity contribution in [2.45, 2.75) is 64.4 Å². The van der Waals surface area contributed by atoms with Crippen LogP contribution in [0.4, 0.5) is 5.00 Å². The number of carboxylic acid groups (broad SMARTS) is 1. The average Bonchev–Trinajstić information content (AvgIpc) is 2.76. The average molecular weight is 323 g/mol. The highest BCUT2D eigenvalue weighted by molar-refractivity contribution is 7.18.